The van der Waals surface area contributed by atoms with Gasteiger partial charge in [-0.3, -0.25) is 9.78 Å². The molecule has 0 saturated carbocycles. The molecule has 0 fully saturated rings. The van der Waals surface area contributed by atoms with Crippen molar-refractivity contribution >= 4 is 11.5 Å². The van der Waals surface area contributed by atoms with Crippen LogP contribution in [0.25, 0.3) is 5.57 Å². The molecule has 5 nitrogen and oxygen atoms in total. The Kier molecular flexibility index (Phi) is 4.36. The molecular weight excluding hydrogens is 260 g/mol. The van der Waals surface area contributed by atoms with Gasteiger partial charge < -0.3 is 5.11 Å². The van der Waals surface area contributed by atoms with Crippen molar-refractivity contribution in [2.75, 3.05) is 0 Å². The van der Waals surface area contributed by atoms with Gasteiger partial charge in [-0.1, -0.05) is 43.0 Å². The second kappa shape index (κ2) is 6.40. The largest absolute Gasteiger partial charge is 0.478 e. The Bertz CT molecular complexity index is 607. The van der Waals surface area contributed by atoms with Crippen molar-refractivity contribution < 1.29 is 24.7 Å². The molecule has 2 rings (SSSR count). The first-order valence-electron chi connectivity index (χ1n) is 5.76. The van der Waals surface area contributed by atoms with Crippen molar-refractivity contribution in [3.63, 3.8) is 0 Å². The Morgan fingerprint density at radius 3 is 2.30 bits per heavy atom. The molecule has 0 aromatic heterocycles. The van der Waals surface area contributed by atoms with Crippen LogP contribution in [0.1, 0.15) is 5.56 Å². The highest BCUT2D eigenvalue weighted by molar-refractivity contribution is 6.15. The predicted octanol–water partition coefficient (Wildman–Crippen LogP) is 3.09. The summed E-state index contributed by atoms with van der Waals surface area (Å²) in [5, 5.41) is 13.6. The molecule has 0 saturated heterocycles. The van der Waals surface area contributed by atoms with Crippen molar-refractivity contribution in [3.05, 3.63) is 66.7 Å². The number of hydrogen-bond acceptors (Lipinski definition) is 4. The second-order valence-electron chi connectivity index (χ2n) is 3.83. The lowest BCUT2D eigenvalue weighted by Gasteiger charge is -2.08. The molecular formula is C15H12O5. The lowest BCUT2D eigenvalue weighted by Crippen LogP contribution is -2.05. The smallest absolute Gasteiger partial charge is 0.335 e. The first kappa shape index (κ1) is 13.6. The fourth-order valence-electron chi connectivity index (χ4n) is 1.47. The summed E-state index contributed by atoms with van der Waals surface area (Å²) >= 11 is 0. The Morgan fingerprint density at radius 2 is 1.60 bits per heavy atom. The number of para-hydroxylation sites is 2. The summed E-state index contributed by atoms with van der Waals surface area (Å²) in [4.78, 5) is 20.8. The molecule has 0 aliphatic carbocycles. The first-order valence-corrected chi connectivity index (χ1v) is 5.76. The number of carbonyl (C=O) groups is 1. The molecule has 1 N–H and O–H groups in total. The third kappa shape index (κ3) is 3.37. The van der Waals surface area contributed by atoms with Gasteiger partial charge in [0.25, 0.3) is 0 Å². The zero-order valence-corrected chi connectivity index (χ0v) is 10.5. The van der Waals surface area contributed by atoms with Crippen molar-refractivity contribution in [1.82, 2.24) is 0 Å². The normalized spacial score (nSPS) is 9.80. The van der Waals surface area contributed by atoms with E-state index in [1.807, 2.05) is 6.07 Å². The van der Waals surface area contributed by atoms with Gasteiger partial charge in [0, 0.05) is 10.6 Å². The summed E-state index contributed by atoms with van der Waals surface area (Å²) in [6.07, 6.45) is 0. The molecule has 0 bridgehead atoms. The van der Waals surface area contributed by atoms with E-state index in [0.29, 0.717) is 11.3 Å². The minimum Gasteiger partial charge on any atom is -0.478 e. The lowest BCUT2D eigenvalue weighted by molar-refractivity contribution is -0.411. The van der Waals surface area contributed by atoms with Crippen LogP contribution in [-0.2, 0) is 9.83 Å². The van der Waals surface area contributed by atoms with Crippen LogP contribution in [0.2, 0.25) is 0 Å². The summed E-state index contributed by atoms with van der Waals surface area (Å²) < 4.78 is 0. The highest BCUT2D eigenvalue weighted by Crippen LogP contribution is 2.25. The van der Waals surface area contributed by atoms with Crippen molar-refractivity contribution in [2.24, 2.45) is 0 Å². The molecule has 0 amide bonds. The third-order valence-corrected chi connectivity index (χ3v) is 2.47. The number of carboxylic acid groups (broad SMARTS) is 1. The molecule has 0 radical (unpaired) electrons. The SMILES string of the molecule is C=C(C(=O)O)c1ccccc1OOOc1ccccc1. The topological polar surface area (TPSA) is 65.0 Å². The third-order valence-electron chi connectivity index (χ3n) is 2.47. The molecule has 0 atom stereocenters. The van der Waals surface area contributed by atoms with Gasteiger partial charge in [0.15, 0.2) is 11.5 Å². The van der Waals surface area contributed by atoms with Gasteiger partial charge in [0.2, 0.25) is 0 Å². The van der Waals surface area contributed by atoms with E-state index >= 15 is 0 Å². The van der Waals surface area contributed by atoms with E-state index in [9.17, 15) is 4.79 Å². The summed E-state index contributed by atoms with van der Waals surface area (Å²) in [7, 11) is 0. The number of carboxylic acids is 1. The Hall–Kier alpha value is -2.79. The van der Waals surface area contributed by atoms with Crippen molar-refractivity contribution in [1.29, 1.82) is 0 Å². The zero-order chi connectivity index (χ0) is 14.4. The average molecular weight is 272 g/mol. The molecule has 2 aromatic rings. The molecule has 20 heavy (non-hydrogen) atoms. The predicted molar refractivity (Wildman–Crippen MR) is 71.9 cm³/mol. The minimum absolute atomic E-state index is 0.0936. The number of benzene rings is 2. The molecule has 0 aliphatic rings. The van der Waals surface area contributed by atoms with E-state index in [0.717, 1.165) is 0 Å². The maximum Gasteiger partial charge on any atom is 0.335 e. The van der Waals surface area contributed by atoms with Gasteiger partial charge in [-0.05, 0) is 18.2 Å². The van der Waals surface area contributed by atoms with Crippen LogP contribution in [0.4, 0.5) is 0 Å². The van der Waals surface area contributed by atoms with E-state index in [1.54, 1.807) is 48.5 Å². The number of aliphatic carboxylic acids is 1. The summed E-state index contributed by atoms with van der Waals surface area (Å²) in [5.74, 6) is -0.470. The summed E-state index contributed by atoms with van der Waals surface area (Å²) in [5.41, 5.74) is 0.223. The molecule has 5 heteroatoms. The number of rotatable bonds is 6. The van der Waals surface area contributed by atoms with Gasteiger partial charge in [-0.25, -0.2) is 4.79 Å². The molecule has 0 aliphatic heterocycles. The van der Waals surface area contributed by atoms with Crippen LogP contribution < -0.4 is 9.78 Å². The lowest BCUT2D eigenvalue weighted by atomic mass is 10.1. The fourth-order valence-corrected chi connectivity index (χ4v) is 1.47. The second-order valence-corrected chi connectivity index (χ2v) is 3.83. The highest BCUT2D eigenvalue weighted by atomic mass is 17.5. The summed E-state index contributed by atoms with van der Waals surface area (Å²) in [6, 6.07) is 15.2. The molecule has 2 aromatic carbocycles. The van der Waals surface area contributed by atoms with E-state index in [4.69, 9.17) is 14.9 Å². The Labute approximate surface area is 115 Å². The van der Waals surface area contributed by atoms with E-state index in [-0.39, 0.29) is 11.3 Å². The first-order chi connectivity index (χ1) is 9.68. The maximum absolute atomic E-state index is 10.9. The minimum atomic E-state index is -1.13. The van der Waals surface area contributed by atoms with Gasteiger partial charge in [0.05, 0.1) is 5.57 Å². The Balaban J connectivity index is 2.03. The quantitative estimate of drug-likeness (QED) is 0.497. The van der Waals surface area contributed by atoms with Crippen LogP contribution >= 0.6 is 0 Å². The van der Waals surface area contributed by atoms with Gasteiger partial charge in [0.1, 0.15) is 0 Å². The molecule has 0 spiro atoms. The zero-order valence-electron chi connectivity index (χ0n) is 10.5. The fraction of sp³-hybridized carbons (Fsp3) is 0. The van der Waals surface area contributed by atoms with Crippen molar-refractivity contribution in [2.45, 2.75) is 0 Å². The maximum atomic E-state index is 10.9. The van der Waals surface area contributed by atoms with Gasteiger partial charge >= 0.3 is 5.97 Å². The van der Waals surface area contributed by atoms with Crippen LogP contribution in [0, 0.1) is 0 Å². The van der Waals surface area contributed by atoms with Crippen LogP contribution in [-0.4, -0.2) is 11.1 Å². The highest BCUT2D eigenvalue weighted by Gasteiger charge is 2.13. The molecule has 0 heterocycles. The van der Waals surface area contributed by atoms with Crippen LogP contribution in [0.3, 0.4) is 0 Å². The summed E-state index contributed by atoms with van der Waals surface area (Å²) in [6.45, 7) is 3.48. The van der Waals surface area contributed by atoms with E-state index in [1.165, 1.54) is 0 Å². The monoisotopic (exact) mass is 272 g/mol. The number of hydrogen-bond donors (Lipinski definition) is 1. The average Bonchev–Trinajstić information content (AvgIpc) is 2.48. The standard InChI is InChI=1S/C15H12O5/c1-11(15(16)17)13-9-5-6-10-14(13)19-20-18-12-7-3-2-4-8-12/h2-10H,1H2,(H,16,17). The van der Waals surface area contributed by atoms with E-state index in [2.05, 4.69) is 11.6 Å². The van der Waals surface area contributed by atoms with E-state index < -0.39 is 5.97 Å². The van der Waals surface area contributed by atoms with Gasteiger partial charge in [-0.2, -0.15) is 0 Å². The molecule has 0 unspecified atom stereocenters. The Morgan fingerprint density at radius 1 is 0.950 bits per heavy atom. The van der Waals surface area contributed by atoms with Crippen molar-refractivity contribution in [3.8, 4) is 11.5 Å². The van der Waals surface area contributed by atoms with Crippen LogP contribution in [0.5, 0.6) is 11.5 Å². The molecule has 102 valence electrons. The van der Waals surface area contributed by atoms with Crippen LogP contribution in [0.15, 0.2) is 61.2 Å². The van der Waals surface area contributed by atoms with Gasteiger partial charge in [-0.15, -0.1) is 0 Å².